The van der Waals surface area contributed by atoms with Crippen LogP contribution in [0.3, 0.4) is 0 Å². The molecule has 21 heavy (non-hydrogen) atoms. The quantitative estimate of drug-likeness (QED) is 0.573. The van der Waals surface area contributed by atoms with Gasteiger partial charge in [0.15, 0.2) is 0 Å². The Bertz CT molecular complexity index is 484. The van der Waals surface area contributed by atoms with Crippen LogP contribution < -0.4 is 0 Å². The van der Waals surface area contributed by atoms with Crippen molar-refractivity contribution in [1.82, 2.24) is 0 Å². The van der Waals surface area contributed by atoms with Crippen LogP contribution >= 0.6 is 7.60 Å². The van der Waals surface area contributed by atoms with Gasteiger partial charge in [-0.25, -0.2) is 0 Å². The maximum atomic E-state index is 13.0. The fourth-order valence-corrected chi connectivity index (χ4v) is 4.25. The fourth-order valence-electron chi connectivity index (χ4n) is 2.11. The molecule has 0 unspecified atom stereocenters. The van der Waals surface area contributed by atoms with Gasteiger partial charge in [0.05, 0.1) is 19.3 Å². The number of allylic oxidation sites excluding steroid dienone is 1. The topological polar surface area (TPSA) is 55.8 Å². The maximum absolute atomic E-state index is 13.0. The molecule has 0 radical (unpaired) electrons. The van der Waals surface area contributed by atoms with Crippen LogP contribution in [0.4, 0.5) is 0 Å². The Morgan fingerprint density at radius 3 is 2.14 bits per heavy atom. The average Bonchev–Trinajstić information content (AvgIpc) is 2.45. The minimum absolute atomic E-state index is 0.270. The molecule has 5 heteroatoms. The first-order valence-electron chi connectivity index (χ1n) is 7.21. The normalized spacial score (nSPS) is 14.5. The molecule has 0 saturated heterocycles. The molecule has 0 aliphatic heterocycles. The van der Waals surface area contributed by atoms with E-state index in [1.807, 2.05) is 32.0 Å². The summed E-state index contributed by atoms with van der Waals surface area (Å²) in [5.74, 6) is 0. The zero-order valence-corrected chi connectivity index (χ0v) is 14.0. The van der Waals surface area contributed by atoms with Gasteiger partial charge in [0.1, 0.15) is 5.66 Å². The van der Waals surface area contributed by atoms with Gasteiger partial charge in [0, 0.05) is 0 Å². The number of aliphatic hydroxyl groups is 1. The molecule has 1 rings (SSSR count). The minimum Gasteiger partial charge on any atom is -0.387 e. The van der Waals surface area contributed by atoms with Crippen molar-refractivity contribution >= 4 is 7.60 Å². The number of hydrogen-bond donors (Lipinski definition) is 1. The van der Waals surface area contributed by atoms with Gasteiger partial charge in [-0.15, -0.1) is 0 Å². The van der Waals surface area contributed by atoms with Crippen LogP contribution in [0.2, 0.25) is 0 Å². The molecule has 0 aliphatic rings. The second-order valence-electron chi connectivity index (χ2n) is 4.97. The highest BCUT2D eigenvalue weighted by Gasteiger charge is 2.39. The second-order valence-corrected chi connectivity index (χ2v) is 7.16. The lowest BCUT2D eigenvalue weighted by Crippen LogP contribution is -2.20. The smallest absolute Gasteiger partial charge is 0.340 e. The van der Waals surface area contributed by atoms with Gasteiger partial charge in [-0.2, -0.15) is 0 Å². The van der Waals surface area contributed by atoms with E-state index in [0.29, 0.717) is 5.56 Å². The summed E-state index contributed by atoms with van der Waals surface area (Å²) in [6.45, 7) is 7.86. The van der Waals surface area contributed by atoms with Crippen molar-refractivity contribution in [2.45, 2.75) is 39.5 Å². The number of hydrogen-bond acceptors (Lipinski definition) is 4. The third kappa shape index (κ3) is 5.08. The minimum atomic E-state index is -3.43. The molecule has 0 aliphatic carbocycles. The van der Waals surface area contributed by atoms with Crippen molar-refractivity contribution in [3.8, 4) is 0 Å². The third-order valence-corrected chi connectivity index (χ3v) is 5.35. The third-order valence-electron chi connectivity index (χ3n) is 2.95. The maximum Gasteiger partial charge on any atom is 0.340 e. The highest BCUT2D eigenvalue weighted by atomic mass is 31.2. The van der Waals surface area contributed by atoms with E-state index in [2.05, 4.69) is 0 Å². The van der Waals surface area contributed by atoms with Crippen molar-refractivity contribution in [1.29, 1.82) is 0 Å². The van der Waals surface area contributed by atoms with E-state index in [-0.39, 0.29) is 13.2 Å². The van der Waals surface area contributed by atoms with Crippen LogP contribution in [0.1, 0.15) is 39.4 Å². The fraction of sp³-hybridized carbons (Fsp3) is 0.500. The Morgan fingerprint density at radius 2 is 1.71 bits per heavy atom. The predicted molar refractivity (Wildman–Crippen MR) is 85.5 cm³/mol. The van der Waals surface area contributed by atoms with E-state index in [4.69, 9.17) is 9.05 Å². The van der Waals surface area contributed by atoms with Gasteiger partial charge < -0.3 is 14.2 Å². The zero-order chi connectivity index (χ0) is 15.9. The number of benzene rings is 1. The molecular weight excluding hydrogens is 287 g/mol. The molecule has 1 aromatic carbocycles. The van der Waals surface area contributed by atoms with Crippen LogP contribution in [0.15, 0.2) is 42.0 Å². The Labute approximate surface area is 127 Å². The molecule has 0 heterocycles. The molecule has 0 spiro atoms. The van der Waals surface area contributed by atoms with Gasteiger partial charge in [-0.05, 0) is 33.3 Å². The van der Waals surface area contributed by atoms with Crippen LogP contribution in [-0.2, 0) is 13.6 Å². The van der Waals surface area contributed by atoms with E-state index < -0.39 is 19.4 Å². The van der Waals surface area contributed by atoms with Crippen molar-refractivity contribution in [3.05, 3.63) is 47.5 Å². The van der Waals surface area contributed by atoms with E-state index in [1.54, 1.807) is 32.1 Å². The molecule has 2 atom stereocenters. The van der Waals surface area contributed by atoms with Gasteiger partial charge in [0.25, 0.3) is 0 Å². The molecule has 118 valence electrons. The number of aliphatic hydroxyl groups excluding tert-OH is 1. The van der Waals surface area contributed by atoms with Crippen LogP contribution in [0.25, 0.3) is 0 Å². The number of rotatable bonds is 8. The first-order valence-corrected chi connectivity index (χ1v) is 8.82. The van der Waals surface area contributed by atoms with E-state index in [1.165, 1.54) is 0 Å². The summed E-state index contributed by atoms with van der Waals surface area (Å²) in [4.78, 5) is 0. The van der Waals surface area contributed by atoms with Crippen LogP contribution in [0, 0.1) is 0 Å². The van der Waals surface area contributed by atoms with Gasteiger partial charge in [-0.1, -0.05) is 42.0 Å². The Kier molecular flexibility index (Phi) is 7.33. The van der Waals surface area contributed by atoms with Gasteiger partial charge in [-0.3, -0.25) is 4.57 Å². The molecule has 0 amide bonds. The summed E-state index contributed by atoms with van der Waals surface area (Å²) in [5.41, 5.74) is 0.930. The Morgan fingerprint density at radius 1 is 1.19 bits per heavy atom. The lowest BCUT2D eigenvalue weighted by atomic mass is 10.1. The molecule has 0 saturated carbocycles. The van der Waals surface area contributed by atoms with Gasteiger partial charge in [0.2, 0.25) is 0 Å². The summed E-state index contributed by atoms with van der Waals surface area (Å²) in [7, 11) is -3.43. The molecule has 0 bridgehead atoms. The second kappa shape index (κ2) is 8.50. The molecule has 1 aromatic rings. The van der Waals surface area contributed by atoms with E-state index in [9.17, 15) is 9.67 Å². The largest absolute Gasteiger partial charge is 0.387 e. The lowest BCUT2D eigenvalue weighted by Gasteiger charge is -2.28. The van der Waals surface area contributed by atoms with E-state index >= 15 is 0 Å². The molecular formula is C16H25O4P. The van der Waals surface area contributed by atoms with Crippen molar-refractivity contribution in [2.75, 3.05) is 13.2 Å². The first kappa shape index (κ1) is 18.1. The Balaban J connectivity index is 3.21. The highest BCUT2D eigenvalue weighted by Crippen LogP contribution is 2.57. The average molecular weight is 312 g/mol. The summed E-state index contributed by atoms with van der Waals surface area (Å²) in [5, 5.41) is 10.6. The monoisotopic (exact) mass is 312 g/mol. The van der Waals surface area contributed by atoms with Crippen molar-refractivity contribution in [2.24, 2.45) is 0 Å². The van der Waals surface area contributed by atoms with E-state index in [0.717, 1.165) is 5.57 Å². The predicted octanol–water partition coefficient (Wildman–Crippen LogP) is 4.32. The van der Waals surface area contributed by atoms with Gasteiger partial charge >= 0.3 is 7.60 Å². The summed E-state index contributed by atoms with van der Waals surface area (Å²) >= 11 is 0. The molecule has 0 aromatic heterocycles. The molecule has 4 nitrogen and oxygen atoms in total. The first-order chi connectivity index (χ1) is 9.94. The van der Waals surface area contributed by atoms with Crippen LogP contribution in [-0.4, -0.2) is 24.0 Å². The summed E-state index contributed by atoms with van der Waals surface area (Å²) in [6, 6.07) is 9.16. The standard InChI is InChI=1S/C16H25O4P/c1-5-19-21(18,20-6-2)15(12-13(3)4)16(17)14-10-8-7-9-11-14/h7-12,15-17H,5-6H2,1-4H3/t15-,16-/m1/s1. The lowest BCUT2D eigenvalue weighted by molar-refractivity contribution is 0.151. The highest BCUT2D eigenvalue weighted by molar-refractivity contribution is 7.54. The Hall–Kier alpha value is -0.930. The SMILES string of the molecule is CCOP(=O)(OCC)[C@H](C=C(C)C)[C@H](O)c1ccccc1. The van der Waals surface area contributed by atoms with Crippen molar-refractivity contribution < 1.29 is 18.7 Å². The summed E-state index contributed by atoms with van der Waals surface area (Å²) in [6.07, 6.45) is 0.828. The molecule has 0 fully saturated rings. The van der Waals surface area contributed by atoms with Crippen LogP contribution in [0.5, 0.6) is 0 Å². The summed E-state index contributed by atoms with van der Waals surface area (Å²) < 4.78 is 23.8. The van der Waals surface area contributed by atoms with Crippen molar-refractivity contribution in [3.63, 3.8) is 0 Å². The molecule has 1 N–H and O–H groups in total. The zero-order valence-electron chi connectivity index (χ0n) is 13.2.